The highest BCUT2D eigenvalue weighted by Gasteiger charge is 2.13. The molecule has 3 N–H and O–H groups in total. The highest BCUT2D eigenvalue weighted by atomic mass is 16.1. The molecule has 3 rings (SSSR count). The molecule has 1 aromatic heterocycles. The fraction of sp³-hybridized carbons (Fsp3) is 0.167. The van der Waals surface area contributed by atoms with Gasteiger partial charge in [-0.05, 0) is 42.7 Å². The van der Waals surface area contributed by atoms with E-state index >= 15 is 0 Å². The van der Waals surface area contributed by atoms with Gasteiger partial charge in [-0.25, -0.2) is 0 Å². The summed E-state index contributed by atoms with van der Waals surface area (Å²) in [6.07, 6.45) is 0.984. The predicted molar refractivity (Wildman–Crippen MR) is 86.4 cm³/mol. The molecular weight excluding hydrogens is 260 g/mol. The lowest BCUT2D eigenvalue weighted by Gasteiger charge is -2.07. The number of rotatable bonds is 3. The van der Waals surface area contributed by atoms with Crippen LogP contribution in [0.25, 0.3) is 22.2 Å². The number of aromatic amines is 1. The van der Waals surface area contributed by atoms with Gasteiger partial charge in [-0.1, -0.05) is 31.2 Å². The number of nitrogens with one attached hydrogen (secondary N) is 1. The van der Waals surface area contributed by atoms with E-state index in [4.69, 9.17) is 5.73 Å². The van der Waals surface area contributed by atoms with Crippen LogP contribution in [0.1, 0.15) is 28.4 Å². The van der Waals surface area contributed by atoms with Crippen molar-refractivity contribution in [3.63, 3.8) is 0 Å². The summed E-state index contributed by atoms with van der Waals surface area (Å²) in [5.41, 5.74) is 11.7. The van der Waals surface area contributed by atoms with Crippen molar-refractivity contribution in [3.8, 4) is 11.3 Å². The second-order valence-electron chi connectivity index (χ2n) is 5.26. The molecule has 3 nitrogen and oxygen atoms in total. The van der Waals surface area contributed by atoms with E-state index in [2.05, 4.69) is 37.0 Å². The van der Waals surface area contributed by atoms with Crippen LogP contribution in [0.4, 0.5) is 0 Å². The van der Waals surface area contributed by atoms with Crippen LogP contribution in [0.2, 0.25) is 0 Å². The van der Waals surface area contributed by atoms with Gasteiger partial charge >= 0.3 is 0 Å². The van der Waals surface area contributed by atoms with Crippen LogP contribution in [0.3, 0.4) is 0 Å². The standard InChI is InChI=1S/C18H18N2O/c1-3-12-6-4-5-7-14(12)17-11(2)15-10-13(18(19)21)8-9-16(15)20-17/h4-10,20H,3H2,1-2H3,(H2,19,21). The summed E-state index contributed by atoms with van der Waals surface area (Å²) in [5.74, 6) is -0.395. The third-order valence-electron chi connectivity index (χ3n) is 4.01. The lowest BCUT2D eigenvalue weighted by atomic mass is 9.99. The van der Waals surface area contributed by atoms with Gasteiger partial charge in [0.25, 0.3) is 0 Å². The number of amides is 1. The molecule has 0 unspecified atom stereocenters. The monoisotopic (exact) mass is 278 g/mol. The summed E-state index contributed by atoms with van der Waals surface area (Å²) in [7, 11) is 0. The summed E-state index contributed by atoms with van der Waals surface area (Å²) < 4.78 is 0. The molecule has 0 spiro atoms. The van der Waals surface area contributed by atoms with Crippen LogP contribution < -0.4 is 5.73 Å². The number of nitrogens with two attached hydrogens (primary N) is 1. The lowest BCUT2D eigenvalue weighted by molar-refractivity contribution is 0.100. The molecule has 3 heteroatoms. The topological polar surface area (TPSA) is 58.9 Å². The number of hydrogen-bond acceptors (Lipinski definition) is 1. The third kappa shape index (κ3) is 2.21. The second-order valence-corrected chi connectivity index (χ2v) is 5.26. The first-order chi connectivity index (χ1) is 10.1. The van der Waals surface area contributed by atoms with Crippen molar-refractivity contribution in [2.75, 3.05) is 0 Å². The summed E-state index contributed by atoms with van der Waals surface area (Å²) in [4.78, 5) is 14.8. The van der Waals surface area contributed by atoms with E-state index in [-0.39, 0.29) is 0 Å². The Morgan fingerprint density at radius 3 is 2.67 bits per heavy atom. The molecule has 0 radical (unpaired) electrons. The van der Waals surface area contributed by atoms with Gasteiger partial charge in [0, 0.05) is 27.7 Å². The minimum absolute atomic E-state index is 0.395. The van der Waals surface area contributed by atoms with Crippen molar-refractivity contribution in [1.29, 1.82) is 0 Å². The highest BCUT2D eigenvalue weighted by molar-refractivity contribution is 5.99. The lowest BCUT2D eigenvalue weighted by Crippen LogP contribution is -2.10. The van der Waals surface area contributed by atoms with Gasteiger partial charge in [0.05, 0.1) is 0 Å². The minimum atomic E-state index is -0.395. The van der Waals surface area contributed by atoms with E-state index in [1.807, 2.05) is 18.2 Å². The molecule has 106 valence electrons. The Labute approximate surface area is 123 Å². The Balaban J connectivity index is 2.25. The van der Waals surface area contributed by atoms with Gasteiger partial charge < -0.3 is 10.7 Å². The zero-order chi connectivity index (χ0) is 15.0. The maximum absolute atomic E-state index is 11.3. The van der Waals surface area contributed by atoms with Gasteiger partial charge in [0.15, 0.2) is 0 Å². The fourth-order valence-corrected chi connectivity index (χ4v) is 2.82. The van der Waals surface area contributed by atoms with Crippen LogP contribution in [0, 0.1) is 6.92 Å². The Kier molecular flexibility index (Phi) is 3.26. The number of carbonyl (C=O) groups excluding carboxylic acids is 1. The summed E-state index contributed by atoms with van der Waals surface area (Å²) in [6, 6.07) is 13.9. The number of H-pyrrole nitrogens is 1. The number of hydrogen-bond donors (Lipinski definition) is 2. The fourth-order valence-electron chi connectivity index (χ4n) is 2.82. The molecule has 0 aliphatic rings. The molecule has 0 saturated carbocycles. The molecule has 0 atom stereocenters. The molecule has 3 aromatic rings. The van der Waals surface area contributed by atoms with E-state index in [1.165, 1.54) is 11.1 Å². The molecular formula is C18H18N2O. The predicted octanol–water partition coefficient (Wildman–Crippen LogP) is 3.80. The average Bonchev–Trinajstić information content (AvgIpc) is 2.83. The first-order valence-corrected chi connectivity index (χ1v) is 7.12. The Morgan fingerprint density at radius 2 is 1.95 bits per heavy atom. The molecule has 0 fully saturated rings. The SMILES string of the molecule is CCc1ccccc1-c1[nH]c2ccc(C(N)=O)cc2c1C. The van der Waals surface area contributed by atoms with Crippen molar-refractivity contribution < 1.29 is 4.79 Å². The zero-order valence-electron chi connectivity index (χ0n) is 12.2. The average molecular weight is 278 g/mol. The van der Waals surface area contributed by atoms with Gasteiger partial charge in [-0.3, -0.25) is 4.79 Å². The van der Waals surface area contributed by atoms with Gasteiger partial charge in [0.1, 0.15) is 0 Å². The van der Waals surface area contributed by atoms with E-state index in [1.54, 1.807) is 6.07 Å². The molecule has 0 bridgehead atoms. The van der Waals surface area contributed by atoms with Gasteiger partial charge in [-0.15, -0.1) is 0 Å². The van der Waals surface area contributed by atoms with Crippen LogP contribution in [-0.2, 0) is 6.42 Å². The molecule has 2 aromatic carbocycles. The van der Waals surface area contributed by atoms with Crippen LogP contribution in [-0.4, -0.2) is 10.9 Å². The zero-order valence-corrected chi connectivity index (χ0v) is 12.2. The number of carbonyl (C=O) groups is 1. The van der Waals surface area contributed by atoms with Crippen LogP contribution in [0.5, 0.6) is 0 Å². The smallest absolute Gasteiger partial charge is 0.248 e. The number of aromatic nitrogens is 1. The molecule has 1 amide bonds. The number of aryl methyl sites for hydroxylation is 2. The van der Waals surface area contributed by atoms with Gasteiger partial charge in [0.2, 0.25) is 5.91 Å². The number of fused-ring (bicyclic) bond motifs is 1. The second kappa shape index (κ2) is 5.09. The molecule has 21 heavy (non-hydrogen) atoms. The Hall–Kier alpha value is -2.55. The first-order valence-electron chi connectivity index (χ1n) is 7.12. The maximum atomic E-state index is 11.3. The molecule has 0 aliphatic heterocycles. The Morgan fingerprint density at radius 1 is 1.19 bits per heavy atom. The summed E-state index contributed by atoms with van der Waals surface area (Å²) >= 11 is 0. The van der Waals surface area contributed by atoms with Crippen molar-refractivity contribution >= 4 is 16.8 Å². The van der Waals surface area contributed by atoms with E-state index in [0.717, 1.165) is 28.6 Å². The molecule has 0 aliphatic carbocycles. The molecule has 1 heterocycles. The van der Waals surface area contributed by atoms with Crippen LogP contribution in [0.15, 0.2) is 42.5 Å². The third-order valence-corrected chi connectivity index (χ3v) is 4.01. The van der Waals surface area contributed by atoms with Crippen LogP contribution >= 0.6 is 0 Å². The highest BCUT2D eigenvalue weighted by Crippen LogP contribution is 2.32. The van der Waals surface area contributed by atoms with Crippen molar-refractivity contribution in [2.24, 2.45) is 5.73 Å². The minimum Gasteiger partial charge on any atom is -0.366 e. The van der Waals surface area contributed by atoms with Crippen molar-refractivity contribution in [1.82, 2.24) is 4.98 Å². The maximum Gasteiger partial charge on any atom is 0.248 e. The molecule has 0 saturated heterocycles. The number of primary amides is 1. The summed E-state index contributed by atoms with van der Waals surface area (Å²) in [5, 5.41) is 1.05. The summed E-state index contributed by atoms with van der Waals surface area (Å²) in [6.45, 7) is 4.23. The number of benzene rings is 2. The van der Waals surface area contributed by atoms with E-state index in [0.29, 0.717) is 5.56 Å². The quantitative estimate of drug-likeness (QED) is 0.752. The normalized spacial score (nSPS) is 11.0. The van der Waals surface area contributed by atoms with Gasteiger partial charge in [-0.2, -0.15) is 0 Å². The van der Waals surface area contributed by atoms with E-state index in [9.17, 15) is 4.79 Å². The first kappa shape index (κ1) is 13.4. The van der Waals surface area contributed by atoms with E-state index < -0.39 is 5.91 Å². The largest absolute Gasteiger partial charge is 0.366 e. The Bertz CT molecular complexity index is 830. The van der Waals surface area contributed by atoms with Crippen molar-refractivity contribution in [3.05, 3.63) is 59.2 Å². The van der Waals surface area contributed by atoms with Crippen molar-refractivity contribution in [2.45, 2.75) is 20.3 Å².